The number of nitrogens with one attached hydrogen (secondary N) is 1. The molecule has 0 aliphatic carbocycles. The first-order valence-corrected chi connectivity index (χ1v) is 23.4. The molecular formula is C50H56BrF2N12NaO2. The second-order valence-corrected chi connectivity index (χ2v) is 17.4. The fourth-order valence-corrected chi connectivity index (χ4v) is 8.72. The minimum absolute atomic E-state index is 0. The molecule has 350 valence electrons. The van der Waals surface area contributed by atoms with Gasteiger partial charge in [0.2, 0.25) is 11.9 Å². The summed E-state index contributed by atoms with van der Waals surface area (Å²) in [4.78, 5) is 11.2. The van der Waals surface area contributed by atoms with Crippen molar-refractivity contribution in [3.63, 3.8) is 0 Å². The topological polar surface area (TPSA) is 131 Å². The molecule has 6 heterocycles. The summed E-state index contributed by atoms with van der Waals surface area (Å²) in [5.41, 5.74) is 7.94. The van der Waals surface area contributed by atoms with Gasteiger partial charge in [-0.25, -0.2) is 18.7 Å². The van der Waals surface area contributed by atoms with Crippen LogP contribution in [0.3, 0.4) is 0 Å². The Morgan fingerprint density at radius 3 is 1.71 bits per heavy atom. The summed E-state index contributed by atoms with van der Waals surface area (Å²) in [6.07, 6.45) is 11.5. The van der Waals surface area contributed by atoms with E-state index in [0.717, 1.165) is 132 Å². The summed E-state index contributed by atoms with van der Waals surface area (Å²) in [5.74, 6) is 4.48. The van der Waals surface area contributed by atoms with Crippen molar-refractivity contribution in [3.8, 4) is 45.6 Å². The summed E-state index contributed by atoms with van der Waals surface area (Å²) >= 11 is 3.49. The van der Waals surface area contributed by atoms with E-state index in [-0.39, 0.29) is 48.7 Å². The van der Waals surface area contributed by atoms with E-state index in [1.54, 1.807) is 39.0 Å². The Kier molecular flexibility index (Phi) is 16.9. The number of aromatic nitrogens is 10. The van der Waals surface area contributed by atoms with Gasteiger partial charge in [-0.15, -0.1) is 20.4 Å². The summed E-state index contributed by atoms with van der Waals surface area (Å²) in [6, 6.07) is 25.6. The van der Waals surface area contributed by atoms with Crippen LogP contribution in [0.15, 0.2) is 110 Å². The molecule has 0 saturated heterocycles. The van der Waals surface area contributed by atoms with Crippen LogP contribution in [0, 0.1) is 25.5 Å². The Morgan fingerprint density at radius 2 is 1.19 bits per heavy atom. The summed E-state index contributed by atoms with van der Waals surface area (Å²) in [7, 11) is 3.34. The fraction of sp³-hybridized carbons (Fsp3) is 0.320. The number of aryl methyl sites for hydroxylation is 2. The average Bonchev–Trinajstić information content (AvgIpc) is 4.20. The van der Waals surface area contributed by atoms with Gasteiger partial charge < -0.3 is 30.3 Å². The molecule has 0 saturated carbocycles. The number of halogens is 3. The quantitative estimate of drug-likeness (QED) is 0.101. The molecule has 0 spiro atoms. The first kappa shape index (κ1) is 50.0. The van der Waals surface area contributed by atoms with Crippen LogP contribution in [-0.2, 0) is 13.1 Å². The Morgan fingerprint density at radius 1 is 0.662 bits per heavy atom. The molecule has 0 amide bonds. The van der Waals surface area contributed by atoms with E-state index in [1.807, 2.05) is 83.9 Å². The zero-order chi connectivity index (χ0) is 47.0. The van der Waals surface area contributed by atoms with Gasteiger partial charge in [-0.3, -0.25) is 9.13 Å². The van der Waals surface area contributed by atoms with Gasteiger partial charge in [0, 0.05) is 54.5 Å². The molecule has 2 aliphatic rings. The van der Waals surface area contributed by atoms with Crippen molar-refractivity contribution in [2.75, 3.05) is 37.5 Å². The fourth-order valence-electron chi connectivity index (χ4n) is 8.41. The van der Waals surface area contributed by atoms with Crippen LogP contribution in [0.5, 0.6) is 11.5 Å². The number of methoxy groups -OCH3 is 2. The number of fused-ring (bicyclic) bond motifs is 2. The van der Waals surface area contributed by atoms with Crippen molar-refractivity contribution in [3.05, 3.63) is 144 Å². The average molecular weight is 998 g/mol. The molecule has 8 aromatic rings. The minimum Gasteiger partial charge on any atom is -1.00 e. The van der Waals surface area contributed by atoms with Gasteiger partial charge in [-0.05, 0) is 111 Å². The molecule has 2 atom stereocenters. The molecule has 4 aromatic heterocycles. The number of anilines is 2. The van der Waals surface area contributed by atoms with Crippen LogP contribution < -0.4 is 49.2 Å². The predicted molar refractivity (Wildman–Crippen MR) is 262 cm³/mol. The van der Waals surface area contributed by atoms with Crippen LogP contribution in [0.1, 0.15) is 74.3 Å². The molecule has 2 aliphatic heterocycles. The number of hydrogen-bond donors (Lipinski definition) is 1. The standard InChI is InChI=1S/C25H27FN6O.C16H18N6O.C9H10BrF.Na.H/c1-4-21(18-6-9-20(26)10-7-18)31-12-5-13-32-24(28-29-25(31)32)19-8-11-22(23(14-19)33-3)30-15-17(2)27-16-30;1-11-9-21(10-18-11)13-5-4-12(8-14(13)23-2)15-19-20-16-17-6-3-7-22(15)16;1-2-9(10)7-3-5-8(11)6-4-7;;/h6-11,14-16,21H,4-5,12-13H2,1-3H3;4-5,8-10H,3,6-7H2,1-2H3,(H,17,20);3-6,9H,2H2,1H3;;/q;;;+1;-1. The number of hydrogen-bond acceptors (Lipinski definition) is 10. The van der Waals surface area contributed by atoms with E-state index in [2.05, 4.69) is 79.5 Å². The minimum atomic E-state index is -0.221. The van der Waals surface area contributed by atoms with Crippen molar-refractivity contribution in [2.45, 2.75) is 77.3 Å². The maximum atomic E-state index is 13.5. The molecule has 68 heavy (non-hydrogen) atoms. The van der Waals surface area contributed by atoms with Gasteiger partial charge in [0.15, 0.2) is 11.6 Å². The molecule has 14 nitrogen and oxygen atoms in total. The Bertz CT molecular complexity index is 2910. The molecule has 0 bridgehead atoms. The van der Waals surface area contributed by atoms with Gasteiger partial charge in [-0.2, -0.15) is 0 Å². The summed E-state index contributed by atoms with van der Waals surface area (Å²) in [5, 5.41) is 20.9. The molecule has 18 heteroatoms. The predicted octanol–water partition coefficient (Wildman–Crippen LogP) is 8.00. The van der Waals surface area contributed by atoms with Crippen LogP contribution >= 0.6 is 15.9 Å². The Hall–Kier alpha value is -5.88. The third-order valence-corrected chi connectivity index (χ3v) is 13.0. The maximum absolute atomic E-state index is 13.5. The number of nitrogens with zero attached hydrogens (tertiary/aromatic N) is 11. The van der Waals surface area contributed by atoms with Gasteiger partial charge >= 0.3 is 29.6 Å². The second kappa shape index (κ2) is 22.9. The van der Waals surface area contributed by atoms with Crippen molar-refractivity contribution < 1.29 is 49.2 Å². The summed E-state index contributed by atoms with van der Waals surface area (Å²) < 4.78 is 45.4. The third-order valence-electron chi connectivity index (χ3n) is 11.8. The molecule has 1 N–H and O–H groups in total. The Balaban J connectivity index is 0.000000188. The van der Waals surface area contributed by atoms with Crippen LogP contribution in [0.25, 0.3) is 34.2 Å². The molecule has 0 fully saturated rings. The van der Waals surface area contributed by atoms with Crippen molar-refractivity contribution in [1.29, 1.82) is 0 Å². The van der Waals surface area contributed by atoms with E-state index in [1.165, 1.54) is 24.3 Å². The van der Waals surface area contributed by atoms with Gasteiger partial charge in [-0.1, -0.05) is 54.0 Å². The number of imidazole rings is 2. The van der Waals surface area contributed by atoms with E-state index in [4.69, 9.17) is 9.47 Å². The SMILES string of the molecule is CCC(Br)c1ccc(F)cc1.CCC(c1ccc(F)cc1)N1CCCn2c(-c3ccc(-n4cnc(C)c4)c(OC)c3)nnc21.COc1cc(-c2nnc3n2CCCN3)ccc1-n1cnc(C)c1.[H-].[Na+]. The molecule has 0 radical (unpaired) electrons. The summed E-state index contributed by atoms with van der Waals surface area (Å²) in [6.45, 7) is 11.8. The first-order valence-electron chi connectivity index (χ1n) is 22.5. The number of rotatable bonds is 11. The third kappa shape index (κ3) is 11.2. The van der Waals surface area contributed by atoms with E-state index < -0.39 is 0 Å². The van der Waals surface area contributed by atoms with Crippen LogP contribution in [-0.4, -0.2) is 75.9 Å². The zero-order valence-corrected chi connectivity index (χ0v) is 43.2. The monoisotopic (exact) mass is 996 g/mol. The zero-order valence-electron chi connectivity index (χ0n) is 40.6. The smallest absolute Gasteiger partial charge is 1.00 e. The normalized spacial score (nSPS) is 13.6. The second-order valence-electron chi connectivity index (χ2n) is 16.3. The van der Waals surface area contributed by atoms with Gasteiger partial charge in [0.25, 0.3) is 0 Å². The van der Waals surface area contributed by atoms with Crippen LogP contribution in [0.4, 0.5) is 20.7 Å². The van der Waals surface area contributed by atoms with Crippen molar-refractivity contribution in [2.24, 2.45) is 0 Å². The van der Waals surface area contributed by atoms with E-state index in [9.17, 15) is 8.78 Å². The Labute approximate surface area is 427 Å². The van der Waals surface area contributed by atoms with Crippen molar-refractivity contribution in [1.82, 2.24) is 48.6 Å². The van der Waals surface area contributed by atoms with Crippen LogP contribution in [0.2, 0.25) is 0 Å². The molecule has 10 rings (SSSR count). The first-order chi connectivity index (χ1) is 32.6. The molecule has 4 aromatic carbocycles. The van der Waals surface area contributed by atoms with Crippen molar-refractivity contribution >= 4 is 27.8 Å². The molecular weight excluding hydrogens is 942 g/mol. The maximum Gasteiger partial charge on any atom is 1.00 e. The van der Waals surface area contributed by atoms with Gasteiger partial charge in [0.1, 0.15) is 23.1 Å². The van der Waals surface area contributed by atoms with Gasteiger partial charge in [0.05, 0.1) is 55.7 Å². The van der Waals surface area contributed by atoms with E-state index in [0.29, 0.717) is 4.83 Å². The molecule has 2 unspecified atom stereocenters. The number of alkyl halides is 1. The largest absolute Gasteiger partial charge is 1.00 e. The van der Waals surface area contributed by atoms with E-state index >= 15 is 0 Å². The number of ether oxygens (including phenoxy) is 2. The number of benzene rings is 4.